The third-order valence-corrected chi connectivity index (χ3v) is 5.93. The molecule has 0 spiro atoms. The molecule has 1 aliphatic heterocycles. The first-order valence-corrected chi connectivity index (χ1v) is 10.7. The lowest BCUT2D eigenvalue weighted by Gasteiger charge is -2.26. The highest BCUT2D eigenvalue weighted by Crippen LogP contribution is 2.41. The third kappa shape index (κ3) is 4.18. The molecule has 9 heteroatoms. The van der Waals surface area contributed by atoms with Gasteiger partial charge in [0, 0.05) is 42.8 Å². The van der Waals surface area contributed by atoms with Crippen molar-refractivity contribution in [3.63, 3.8) is 0 Å². The van der Waals surface area contributed by atoms with E-state index in [4.69, 9.17) is 16.6 Å². The molecular weight excluding hydrogens is 438 g/mol. The van der Waals surface area contributed by atoms with E-state index in [9.17, 15) is 10.1 Å². The molecule has 4 aromatic rings. The summed E-state index contributed by atoms with van der Waals surface area (Å²) in [5, 5.41) is 15.0. The molecule has 1 N–H and O–H groups in total. The van der Waals surface area contributed by atoms with Crippen molar-refractivity contribution < 1.29 is 9.34 Å². The molecule has 0 unspecified atom stereocenters. The van der Waals surface area contributed by atoms with Crippen LogP contribution in [0.5, 0.6) is 0 Å². The van der Waals surface area contributed by atoms with Gasteiger partial charge in [0.1, 0.15) is 17.6 Å². The standard InChI is InChI=1S/C24H19N5O3S/c30-29(31)18-6-4-17(5-7-18)20-8-9-21(32-20)23-22(19-3-1-2-12-26-19)27-24(33)28(23)15-16-10-13-25-14-11-16/h1-14,22-23H,15H2,(H,27,33)/t22-,23+/m0/s1. The molecule has 1 aromatic carbocycles. The predicted octanol–water partition coefficient (Wildman–Crippen LogP) is 4.82. The summed E-state index contributed by atoms with van der Waals surface area (Å²) in [4.78, 5) is 21.3. The Bertz CT molecular complexity index is 1280. The molecule has 164 valence electrons. The molecule has 0 amide bonds. The van der Waals surface area contributed by atoms with Gasteiger partial charge in [-0.15, -0.1) is 0 Å². The second kappa shape index (κ2) is 8.79. The molecule has 1 aliphatic rings. The van der Waals surface area contributed by atoms with Crippen LogP contribution in [-0.4, -0.2) is 24.9 Å². The number of nitro groups is 1. The van der Waals surface area contributed by atoms with E-state index < -0.39 is 4.92 Å². The molecule has 0 aliphatic carbocycles. The summed E-state index contributed by atoms with van der Waals surface area (Å²) in [6.07, 6.45) is 5.27. The SMILES string of the molecule is O=[N+]([O-])c1ccc(-c2ccc([C@@H]3[C@H](c4ccccn4)NC(=S)N3Cc3ccncc3)o2)cc1. The quantitative estimate of drug-likeness (QED) is 0.250. The van der Waals surface area contributed by atoms with Crippen molar-refractivity contribution in [2.24, 2.45) is 0 Å². The minimum atomic E-state index is -0.420. The Labute approximate surface area is 195 Å². The number of furan rings is 1. The zero-order chi connectivity index (χ0) is 22.8. The summed E-state index contributed by atoms with van der Waals surface area (Å²) < 4.78 is 6.27. The maximum absolute atomic E-state index is 11.0. The zero-order valence-corrected chi connectivity index (χ0v) is 18.2. The largest absolute Gasteiger partial charge is 0.459 e. The Balaban J connectivity index is 1.51. The van der Waals surface area contributed by atoms with E-state index in [0.29, 0.717) is 17.4 Å². The number of hydrogen-bond acceptors (Lipinski definition) is 6. The van der Waals surface area contributed by atoms with Crippen molar-refractivity contribution in [1.29, 1.82) is 0 Å². The number of rotatable bonds is 6. The molecule has 1 saturated heterocycles. The zero-order valence-electron chi connectivity index (χ0n) is 17.4. The first-order chi connectivity index (χ1) is 16.1. The number of non-ortho nitro benzene ring substituents is 1. The number of aromatic nitrogens is 2. The fraction of sp³-hybridized carbons (Fsp3) is 0.125. The van der Waals surface area contributed by atoms with Crippen molar-refractivity contribution >= 4 is 23.0 Å². The van der Waals surface area contributed by atoms with E-state index >= 15 is 0 Å². The van der Waals surface area contributed by atoms with Gasteiger partial charge in [-0.2, -0.15) is 0 Å². The molecule has 0 bridgehead atoms. The Morgan fingerprint density at radius 2 is 1.82 bits per heavy atom. The molecular formula is C24H19N5O3S. The molecule has 1 fully saturated rings. The summed E-state index contributed by atoms with van der Waals surface area (Å²) in [5.74, 6) is 1.35. The van der Waals surface area contributed by atoms with Gasteiger partial charge in [0.25, 0.3) is 5.69 Å². The molecule has 3 aromatic heterocycles. The van der Waals surface area contributed by atoms with Crippen molar-refractivity contribution in [3.8, 4) is 11.3 Å². The lowest BCUT2D eigenvalue weighted by atomic mass is 10.0. The molecule has 33 heavy (non-hydrogen) atoms. The van der Waals surface area contributed by atoms with Crippen LogP contribution in [0.2, 0.25) is 0 Å². The van der Waals surface area contributed by atoms with Crippen LogP contribution in [0, 0.1) is 10.1 Å². The third-order valence-electron chi connectivity index (χ3n) is 5.58. The number of nitrogens with one attached hydrogen (secondary N) is 1. The van der Waals surface area contributed by atoms with Gasteiger partial charge < -0.3 is 14.6 Å². The summed E-state index contributed by atoms with van der Waals surface area (Å²) in [6, 6.07) is 19.4. The highest BCUT2D eigenvalue weighted by atomic mass is 32.1. The number of nitrogens with zero attached hydrogens (tertiary/aromatic N) is 4. The lowest BCUT2D eigenvalue weighted by molar-refractivity contribution is -0.384. The number of nitro benzene ring substituents is 1. The number of pyridine rings is 2. The summed E-state index contributed by atoms with van der Waals surface area (Å²) in [6.45, 7) is 0.579. The average molecular weight is 458 g/mol. The van der Waals surface area contributed by atoms with E-state index in [2.05, 4.69) is 20.2 Å². The van der Waals surface area contributed by atoms with Crippen LogP contribution >= 0.6 is 12.2 Å². The van der Waals surface area contributed by atoms with E-state index in [1.807, 2.05) is 42.5 Å². The minimum absolute atomic E-state index is 0.0367. The molecule has 0 radical (unpaired) electrons. The monoisotopic (exact) mass is 457 g/mol. The summed E-state index contributed by atoms with van der Waals surface area (Å²) in [7, 11) is 0. The highest BCUT2D eigenvalue weighted by molar-refractivity contribution is 7.80. The Morgan fingerprint density at radius 1 is 1.03 bits per heavy atom. The van der Waals surface area contributed by atoms with Crippen LogP contribution in [0.3, 0.4) is 0 Å². The van der Waals surface area contributed by atoms with E-state index in [1.165, 1.54) is 12.1 Å². The molecule has 5 rings (SSSR count). The smallest absolute Gasteiger partial charge is 0.269 e. The summed E-state index contributed by atoms with van der Waals surface area (Å²) >= 11 is 5.70. The van der Waals surface area contributed by atoms with Crippen LogP contribution in [-0.2, 0) is 6.54 Å². The summed E-state index contributed by atoms with van der Waals surface area (Å²) in [5.41, 5.74) is 2.73. The van der Waals surface area contributed by atoms with Gasteiger partial charge in [0.15, 0.2) is 5.11 Å². The molecule has 4 heterocycles. The number of thiocarbonyl (C=S) groups is 1. The minimum Gasteiger partial charge on any atom is -0.459 e. The van der Waals surface area contributed by atoms with Gasteiger partial charge in [0.05, 0.1) is 16.7 Å². The van der Waals surface area contributed by atoms with Gasteiger partial charge in [-0.1, -0.05) is 6.07 Å². The van der Waals surface area contributed by atoms with Crippen LogP contribution in [0.1, 0.15) is 29.1 Å². The molecule has 2 atom stereocenters. The fourth-order valence-electron chi connectivity index (χ4n) is 3.98. The van der Waals surface area contributed by atoms with E-state index in [-0.39, 0.29) is 17.8 Å². The average Bonchev–Trinajstić information content (AvgIpc) is 3.45. The Morgan fingerprint density at radius 3 is 2.52 bits per heavy atom. The van der Waals surface area contributed by atoms with Crippen LogP contribution in [0.25, 0.3) is 11.3 Å². The Hall–Kier alpha value is -4.11. The molecule has 0 saturated carbocycles. The normalized spacial score (nSPS) is 17.7. The van der Waals surface area contributed by atoms with Gasteiger partial charge in [0.2, 0.25) is 0 Å². The van der Waals surface area contributed by atoms with Crippen molar-refractivity contribution in [3.05, 3.63) is 112 Å². The maximum Gasteiger partial charge on any atom is 0.269 e. The fourth-order valence-corrected chi connectivity index (χ4v) is 4.29. The highest BCUT2D eigenvalue weighted by Gasteiger charge is 2.41. The van der Waals surface area contributed by atoms with Crippen LogP contribution in [0.15, 0.2) is 89.7 Å². The Kier molecular flexibility index (Phi) is 5.54. The molecule has 8 nitrogen and oxygen atoms in total. The first kappa shape index (κ1) is 20.8. The van der Waals surface area contributed by atoms with Gasteiger partial charge >= 0.3 is 0 Å². The topological polar surface area (TPSA) is 97.3 Å². The van der Waals surface area contributed by atoms with E-state index in [0.717, 1.165) is 22.6 Å². The van der Waals surface area contributed by atoms with Crippen molar-refractivity contribution in [2.75, 3.05) is 0 Å². The number of benzene rings is 1. The second-order valence-corrected chi connectivity index (χ2v) is 8.00. The predicted molar refractivity (Wildman–Crippen MR) is 126 cm³/mol. The van der Waals surface area contributed by atoms with Crippen molar-refractivity contribution in [2.45, 2.75) is 18.6 Å². The maximum atomic E-state index is 11.0. The van der Waals surface area contributed by atoms with E-state index in [1.54, 1.807) is 30.7 Å². The second-order valence-electron chi connectivity index (χ2n) is 7.62. The van der Waals surface area contributed by atoms with Crippen molar-refractivity contribution in [1.82, 2.24) is 20.2 Å². The number of hydrogen-bond donors (Lipinski definition) is 1. The van der Waals surface area contributed by atoms with Gasteiger partial charge in [-0.3, -0.25) is 20.1 Å². The first-order valence-electron chi connectivity index (χ1n) is 10.3. The van der Waals surface area contributed by atoms with Gasteiger partial charge in [-0.05, 0) is 66.3 Å². The van der Waals surface area contributed by atoms with Gasteiger partial charge in [-0.25, -0.2) is 0 Å². The lowest BCUT2D eigenvalue weighted by Crippen LogP contribution is -2.29. The van der Waals surface area contributed by atoms with Crippen LogP contribution < -0.4 is 5.32 Å². The van der Waals surface area contributed by atoms with Crippen LogP contribution in [0.4, 0.5) is 5.69 Å².